The van der Waals surface area contributed by atoms with Crippen LogP contribution in [0.4, 0.5) is 5.69 Å². The van der Waals surface area contributed by atoms with Crippen LogP contribution in [-0.2, 0) is 16.0 Å². The lowest BCUT2D eigenvalue weighted by atomic mass is 9.98. The number of nitrogens with one attached hydrogen (secondary N) is 1. The maximum atomic E-state index is 11.8. The van der Waals surface area contributed by atoms with Crippen molar-refractivity contribution in [3.8, 4) is 0 Å². The molecule has 1 aromatic rings. The average molecular weight is 276 g/mol. The fourth-order valence-electron chi connectivity index (χ4n) is 2.53. The van der Waals surface area contributed by atoms with Crippen LogP contribution in [0.15, 0.2) is 24.3 Å². The number of nitrogen functional groups attached to an aromatic ring is 1. The number of hydrogen-bond acceptors (Lipinski definition) is 3. The first-order valence-corrected chi connectivity index (χ1v) is 7.47. The molecule has 1 saturated carbocycles. The third kappa shape index (κ3) is 5.21. The van der Waals surface area contributed by atoms with Gasteiger partial charge in [0.05, 0.1) is 19.1 Å². The van der Waals surface area contributed by atoms with E-state index in [1.165, 1.54) is 32.1 Å². The third-order valence-electron chi connectivity index (χ3n) is 3.67. The zero-order chi connectivity index (χ0) is 14.2. The van der Waals surface area contributed by atoms with E-state index in [9.17, 15) is 4.79 Å². The highest BCUT2D eigenvalue weighted by molar-refractivity contribution is 5.78. The molecular weight excluding hydrogens is 252 g/mol. The molecule has 20 heavy (non-hydrogen) atoms. The van der Waals surface area contributed by atoms with Crippen LogP contribution in [0.25, 0.3) is 0 Å². The number of ether oxygens (including phenoxy) is 1. The second-order valence-electron chi connectivity index (χ2n) is 5.40. The molecule has 0 radical (unpaired) electrons. The monoisotopic (exact) mass is 276 g/mol. The summed E-state index contributed by atoms with van der Waals surface area (Å²) in [5.41, 5.74) is 7.30. The van der Waals surface area contributed by atoms with Crippen molar-refractivity contribution in [3.05, 3.63) is 29.8 Å². The lowest BCUT2D eigenvalue weighted by Crippen LogP contribution is -2.30. The van der Waals surface area contributed by atoms with E-state index in [0.29, 0.717) is 25.7 Å². The number of rotatable bonds is 6. The van der Waals surface area contributed by atoms with Gasteiger partial charge in [-0.05, 0) is 30.5 Å². The minimum absolute atomic E-state index is 0.0296. The van der Waals surface area contributed by atoms with Crippen LogP contribution in [0.3, 0.4) is 0 Å². The van der Waals surface area contributed by atoms with Crippen molar-refractivity contribution in [3.63, 3.8) is 0 Å². The molecule has 0 aromatic heterocycles. The largest absolute Gasteiger partial charge is 0.399 e. The predicted molar refractivity (Wildman–Crippen MR) is 80.4 cm³/mol. The molecule has 1 aromatic carbocycles. The van der Waals surface area contributed by atoms with E-state index in [0.717, 1.165) is 11.3 Å². The van der Waals surface area contributed by atoms with E-state index in [1.54, 1.807) is 0 Å². The molecule has 1 aliphatic rings. The van der Waals surface area contributed by atoms with E-state index >= 15 is 0 Å². The summed E-state index contributed by atoms with van der Waals surface area (Å²) in [7, 11) is 0. The lowest BCUT2D eigenvalue weighted by molar-refractivity contribution is -0.120. The number of carbonyl (C=O) groups excluding carboxylic acids is 1. The van der Waals surface area contributed by atoms with Crippen LogP contribution in [0.2, 0.25) is 0 Å². The highest BCUT2D eigenvalue weighted by Gasteiger charge is 2.13. The Morgan fingerprint density at radius 1 is 1.20 bits per heavy atom. The highest BCUT2D eigenvalue weighted by Crippen LogP contribution is 2.19. The second kappa shape index (κ2) is 7.90. The topological polar surface area (TPSA) is 64.4 Å². The van der Waals surface area contributed by atoms with E-state index in [4.69, 9.17) is 10.5 Å². The van der Waals surface area contributed by atoms with Crippen molar-refractivity contribution in [2.75, 3.05) is 18.9 Å². The van der Waals surface area contributed by atoms with Crippen LogP contribution in [0.1, 0.15) is 37.7 Å². The Bertz CT molecular complexity index is 411. The smallest absolute Gasteiger partial charge is 0.224 e. The molecular formula is C16H24N2O2. The first kappa shape index (κ1) is 14.9. The first-order valence-electron chi connectivity index (χ1n) is 7.47. The van der Waals surface area contributed by atoms with Gasteiger partial charge in [0, 0.05) is 12.2 Å². The molecule has 0 atom stereocenters. The van der Waals surface area contributed by atoms with Crippen LogP contribution in [0, 0.1) is 0 Å². The Morgan fingerprint density at radius 2 is 1.90 bits per heavy atom. The summed E-state index contributed by atoms with van der Waals surface area (Å²) in [5, 5.41) is 2.89. The molecule has 2 rings (SSSR count). The van der Waals surface area contributed by atoms with Crippen molar-refractivity contribution in [2.45, 2.75) is 44.6 Å². The molecule has 0 heterocycles. The van der Waals surface area contributed by atoms with Gasteiger partial charge in [-0.1, -0.05) is 31.4 Å². The summed E-state index contributed by atoms with van der Waals surface area (Å²) in [6.07, 6.45) is 7.00. The van der Waals surface area contributed by atoms with E-state index in [1.807, 2.05) is 24.3 Å². The van der Waals surface area contributed by atoms with Crippen LogP contribution in [-0.4, -0.2) is 25.2 Å². The van der Waals surface area contributed by atoms with E-state index in [2.05, 4.69) is 5.32 Å². The molecule has 4 heteroatoms. The summed E-state index contributed by atoms with van der Waals surface area (Å²) < 4.78 is 5.77. The van der Waals surface area contributed by atoms with E-state index in [-0.39, 0.29) is 5.91 Å². The summed E-state index contributed by atoms with van der Waals surface area (Å²) >= 11 is 0. The summed E-state index contributed by atoms with van der Waals surface area (Å²) in [5.74, 6) is 0.0296. The zero-order valence-electron chi connectivity index (χ0n) is 11.9. The van der Waals surface area contributed by atoms with Crippen LogP contribution >= 0.6 is 0 Å². The molecule has 4 nitrogen and oxygen atoms in total. The zero-order valence-corrected chi connectivity index (χ0v) is 11.9. The standard InChI is InChI=1S/C16H24N2O2/c17-14-8-6-13(7-9-14)12-16(19)18-10-11-20-15-4-2-1-3-5-15/h6-9,15H,1-5,10-12,17H2,(H,18,19). The molecule has 0 spiro atoms. The van der Waals surface area contributed by atoms with Crippen molar-refractivity contribution in [1.82, 2.24) is 5.32 Å². The van der Waals surface area contributed by atoms with Gasteiger partial charge in [-0.25, -0.2) is 0 Å². The van der Waals surface area contributed by atoms with Gasteiger partial charge in [0.1, 0.15) is 0 Å². The average Bonchev–Trinajstić information content (AvgIpc) is 2.47. The van der Waals surface area contributed by atoms with Gasteiger partial charge in [-0.3, -0.25) is 4.79 Å². The van der Waals surface area contributed by atoms with Gasteiger partial charge in [0.15, 0.2) is 0 Å². The van der Waals surface area contributed by atoms with Crippen molar-refractivity contribution < 1.29 is 9.53 Å². The maximum Gasteiger partial charge on any atom is 0.224 e. The fraction of sp³-hybridized carbons (Fsp3) is 0.562. The Kier molecular flexibility index (Phi) is 5.87. The Morgan fingerprint density at radius 3 is 2.60 bits per heavy atom. The van der Waals surface area contributed by atoms with Crippen molar-refractivity contribution in [2.24, 2.45) is 0 Å². The highest BCUT2D eigenvalue weighted by atomic mass is 16.5. The molecule has 1 amide bonds. The van der Waals surface area contributed by atoms with Gasteiger partial charge in [-0.2, -0.15) is 0 Å². The fourth-order valence-corrected chi connectivity index (χ4v) is 2.53. The quantitative estimate of drug-likeness (QED) is 0.619. The molecule has 110 valence electrons. The van der Waals surface area contributed by atoms with Gasteiger partial charge in [0.25, 0.3) is 0 Å². The van der Waals surface area contributed by atoms with Crippen molar-refractivity contribution >= 4 is 11.6 Å². The number of anilines is 1. The molecule has 1 aliphatic carbocycles. The number of carbonyl (C=O) groups is 1. The van der Waals surface area contributed by atoms with Gasteiger partial charge < -0.3 is 15.8 Å². The Balaban J connectivity index is 1.59. The summed E-state index contributed by atoms with van der Waals surface area (Å²) in [6.45, 7) is 1.20. The summed E-state index contributed by atoms with van der Waals surface area (Å²) in [4.78, 5) is 11.8. The molecule has 0 unspecified atom stereocenters. The van der Waals surface area contributed by atoms with Gasteiger partial charge >= 0.3 is 0 Å². The summed E-state index contributed by atoms with van der Waals surface area (Å²) in [6, 6.07) is 7.39. The van der Waals surface area contributed by atoms with Crippen LogP contribution < -0.4 is 11.1 Å². The second-order valence-corrected chi connectivity index (χ2v) is 5.40. The Labute approximate surface area is 120 Å². The molecule has 3 N–H and O–H groups in total. The molecule has 0 bridgehead atoms. The Hall–Kier alpha value is -1.55. The minimum Gasteiger partial charge on any atom is -0.399 e. The SMILES string of the molecule is Nc1ccc(CC(=O)NCCOC2CCCCC2)cc1. The number of benzene rings is 1. The number of amides is 1. The first-order chi connectivity index (χ1) is 9.74. The number of hydrogen-bond donors (Lipinski definition) is 2. The minimum atomic E-state index is 0.0296. The number of nitrogens with two attached hydrogens (primary N) is 1. The molecule has 0 aliphatic heterocycles. The van der Waals surface area contributed by atoms with Crippen LogP contribution in [0.5, 0.6) is 0 Å². The lowest BCUT2D eigenvalue weighted by Gasteiger charge is -2.21. The van der Waals surface area contributed by atoms with Gasteiger partial charge in [-0.15, -0.1) is 0 Å². The molecule has 0 saturated heterocycles. The normalized spacial score (nSPS) is 16.0. The van der Waals surface area contributed by atoms with E-state index < -0.39 is 0 Å². The third-order valence-corrected chi connectivity index (χ3v) is 3.67. The van der Waals surface area contributed by atoms with Gasteiger partial charge in [0.2, 0.25) is 5.91 Å². The van der Waals surface area contributed by atoms with Crippen molar-refractivity contribution in [1.29, 1.82) is 0 Å². The predicted octanol–water partition coefficient (Wildman–Crippen LogP) is 2.28. The maximum absolute atomic E-state index is 11.8. The molecule has 1 fully saturated rings.